The molecule has 0 saturated carbocycles. The van der Waals surface area contributed by atoms with E-state index in [1.807, 2.05) is 0 Å². The monoisotopic (exact) mass is 1010 g/mol. The molecule has 0 rings (SSSR count). The van der Waals surface area contributed by atoms with Gasteiger partial charge >= 0.3 is 17.9 Å². The summed E-state index contributed by atoms with van der Waals surface area (Å²) >= 11 is 0. The van der Waals surface area contributed by atoms with E-state index in [9.17, 15) is 14.4 Å². The van der Waals surface area contributed by atoms with Gasteiger partial charge in [-0.2, -0.15) is 0 Å². The van der Waals surface area contributed by atoms with Crippen molar-refractivity contribution in [3.63, 3.8) is 0 Å². The number of allylic oxidation sites excluding steroid dienone is 2. The number of esters is 3. The Bertz CT molecular complexity index is 1120. The Labute approximate surface area is 450 Å². The maximum absolute atomic E-state index is 12.9. The van der Waals surface area contributed by atoms with E-state index >= 15 is 0 Å². The maximum atomic E-state index is 12.9. The molecule has 6 nitrogen and oxygen atoms in total. The van der Waals surface area contributed by atoms with Crippen molar-refractivity contribution in [1.29, 1.82) is 0 Å². The molecule has 0 radical (unpaired) electrons. The second-order valence-electron chi connectivity index (χ2n) is 22.4. The van der Waals surface area contributed by atoms with E-state index < -0.39 is 6.10 Å². The Kier molecular flexibility index (Phi) is 60.1. The molecule has 0 aromatic carbocycles. The fourth-order valence-corrected chi connectivity index (χ4v) is 10.1. The van der Waals surface area contributed by atoms with Crippen LogP contribution in [0.4, 0.5) is 0 Å². The number of carbonyl (C=O) groups excluding carboxylic acids is 3. The van der Waals surface area contributed by atoms with E-state index in [-0.39, 0.29) is 31.1 Å². The number of unbranched alkanes of at least 4 members (excludes halogenated alkanes) is 48. The topological polar surface area (TPSA) is 78.9 Å². The van der Waals surface area contributed by atoms with Crippen molar-refractivity contribution in [2.75, 3.05) is 13.2 Å². The number of carbonyl (C=O) groups is 3. The van der Waals surface area contributed by atoms with Gasteiger partial charge in [0.25, 0.3) is 0 Å². The summed E-state index contributed by atoms with van der Waals surface area (Å²) in [5, 5.41) is 0. The van der Waals surface area contributed by atoms with Gasteiger partial charge < -0.3 is 14.2 Å². The Morgan fingerprint density at radius 3 is 0.736 bits per heavy atom. The largest absolute Gasteiger partial charge is 0.462 e. The van der Waals surface area contributed by atoms with E-state index in [1.165, 1.54) is 270 Å². The predicted octanol–water partition coefficient (Wildman–Crippen LogP) is 22.1. The number of hydrogen-bond donors (Lipinski definition) is 0. The molecule has 0 saturated heterocycles. The lowest BCUT2D eigenvalue weighted by molar-refractivity contribution is -0.167. The van der Waals surface area contributed by atoms with Crippen molar-refractivity contribution in [2.45, 2.75) is 380 Å². The fraction of sp³-hybridized carbons (Fsp3) is 0.924. The third-order valence-electron chi connectivity index (χ3n) is 15.0. The second kappa shape index (κ2) is 61.7. The van der Waals surface area contributed by atoms with Gasteiger partial charge in [-0.25, -0.2) is 0 Å². The molecule has 0 N–H and O–H groups in total. The standard InChI is InChI=1S/C66H126O6/c1-4-7-10-13-16-19-22-24-26-28-30-32-33-34-36-37-39-41-44-47-50-53-56-59-65(68)71-62-63(61-70-64(67)58-55-52-49-46-43-21-18-15-12-9-6-3)72-66(69)60-57-54-51-48-45-42-40-38-35-31-29-27-25-23-20-17-14-11-8-5-2/h15,18,63H,4-14,16-17,19-62H2,1-3H3/b18-15-. The zero-order valence-corrected chi connectivity index (χ0v) is 49.0. The molecule has 0 fully saturated rings. The molecular formula is C66H126O6. The average Bonchev–Trinajstić information content (AvgIpc) is 3.38. The molecule has 0 heterocycles. The molecule has 426 valence electrons. The van der Waals surface area contributed by atoms with Crippen LogP contribution >= 0.6 is 0 Å². The lowest BCUT2D eigenvalue weighted by Gasteiger charge is -2.18. The van der Waals surface area contributed by atoms with Crippen molar-refractivity contribution >= 4 is 17.9 Å². The van der Waals surface area contributed by atoms with Gasteiger partial charge in [0.2, 0.25) is 0 Å². The molecule has 1 atom stereocenters. The summed E-state index contributed by atoms with van der Waals surface area (Å²) in [6.07, 6.45) is 72.3. The summed E-state index contributed by atoms with van der Waals surface area (Å²) in [5.41, 5.74) is 0. The van der Waals surface area contributed by atoms with Crippen LogP contribution in [0.3, 0.4) is 0 Å². The highest BCUT2D eigenvalue weighted by Crippen LogP contribution is 2.19. The summed E-state index contributed by atoms with van der Waals surface area (Å²) in [6.45, 7) is 6.67. The minimum Gasteiger partial charge on any atom is -0.462 e. The van der Waals surface area contributed by atoms with Crippen molar-refractivity contribution in [3.05, 3.63) is 12.2 Å². The predicted molar refractivity (Wildman–Crippen MR) is 312 cm³/mol. The molecule has 1 unspecified atom stereocenters. The number of ether oxygens (including phenoxy) is 3. The van der Waals surface area contributed by atoms with Crippen LogP contribution in [0, 0.1) is 0 Å². The number of rotatable bonds is 61. The summed E-state index contributed by atoms with van der Waals surface area (Å²) in [4.78, 5) is 38.2. The van der Waals surface area contributed by atoms with Gasteiger partial charge in [-0.3, -0.25) is 14.4 Å². The quantitative estimate of drug-likeness (QED) is 0.0261. The summed E-state index contributed by atoms with van der Waals surface area (Å²) < 4.78 is 16.9. The highest BCUT2D eigenvalue weighted by Gasteiger charge is 2.19. The van der Waals surface area contributed by atoms with Gasteiger partial charge in [-0.05, 0) is 38.5 Å². The first-order chi connectivity index (χ1) is 35.5. The van der Waals surface area contributed by atoms with E-state index in [4.69, 9.17) is 14.2 Å². The highest BCUT2D eigenvalue weighted by molar-refractivity contribution is 5.71. The lowest BCUT2D eigenvalue weighted by Crippen LogP contribution is -2.30. The van der Waals surface area contributed by atoms with Crippen LogP contribution in [0.15, 0.2) is 12.2 Å². The van der Waals surface area contributed by atoms with Crippen LogP contribution in [0.2, 0.25) is 0 Å². The third kappa shape index (κ3) is 59.0. The van der Waals surface area contributed by atoms with Crippen molar-refractivity contribution in [2.24, 2.45) is 0 Å². The molecule has 0 aliphatic heterocycles. The molecular weight excluding hydrogens is 889 g/mol. The van der Waals surface area contributed by atoms with Crippen molar-refractivity contribution in [1.82, 2.24) is 0 Å². The van der Waals surface area contributed by atoms with Gasteiger partial charge in [0, 0.05) is 19.3 Å². The zero-order valence-electron chi connectivity index (χ0n) is 49.0. The van der Waals surface area contributed by atoms with E-state index in [0.29, 0.717) is 19.3 Å². The van der Waals surface area contributed by atoms with Gasteiger partial charge in [0.1, 0.15) is 13.2 Å². The molecule has 0 aromatic rings. The Morgan fingerprint density at radius 2 is 0.472 bits per heavy atom. The first kappa shape index (κ1) is 70.1. The SMILES string of the molecule is CCCC/C=C\CCCCCCCC(=O)OCC(COC(=O)CCCCCCCCCCCCCCCCCCCCCCCCC)OC(=O)CCCCCCCCCCCCCCCCCCCCCC. The molecule has 0 aromatic heterocycles. The van der Waals surface area contributed by atoms with Gasteiger partial charge in [0.15, 0.2) is 6.10 Å². The molecule has 72 heavy (non-hydrogen) atoms. The average molecular weight is 1020 g/mol. The molecule has 6 heteroatoms. The Hall–Kier alpha value is -1.85. The van der Waals surface area contributed by atoms with E-state index in [1.54, 1.807) is 0 Å². The molecule has 0 aliphatic rings. The minimum absolute atomic E-state index is 0.0661. The summed E-state index contributed by atoms with van der Waals surface area (Å²) in [7, 11) is 0. The van der Waals surface area contributed by atoms with Gasteiger partial charge in [-0.1, -0.05) is 328 Å². The summed E-state index contributed by atoms with van der Waals surface area (Å²) in [5.74, 6) is -0.846. The van der Waals surface area contributed by atoms with Gasteiger partial charge in [0.05, 0.1) is 0 Å². The van der Waals surface area contributed by atoms with Gasteiger partial charge in [-0.15, -0.1) is 0 Å². The maximum Gasteiger partial charge on any atom is 0.306 e. The van der Waals surface area contributed by atoms with Crippen LogP contribution in [0.25, 0.3) is 0 Å². The summed E-state index contributed by atoms with van der Waals surface area (Å²) in [6, 6.07) is 0. The zero-order chi connectivity index (χ0) is 52.2. The van der Waals surface area contributed by atoms with Crippen LogP contribution in [-0.2, 0) is 28.6 Å². The first-order valence-corrected chi connectivity index (χ1v) is 32.7. The molecule has 0 bridgehead atoms. The van der Waals surface area contributed by atoms with Crippen LogP contribution in [0.1, 0.15) is 374 Å². The third-order valence-corrected chi connectivity index (χ3v) is 15.0. The van der Waals surface area contributed by atoms with E-state index in [0.717, 1.165) is 64.2 Å². The van der Waals surface area contributed by atoms with Crippen molar-refractivity contribution < 1.29 is 28.6 Å². The normalized spacial score (nSPS) is 12.0. The van der Waals surface area contributed by atoms with Crippen molar-refractivity contribution in [3.8, 4) is 0 Å². The second-order valence-corrected chi connectivity index (χ2v) is 22.4. The van der Waals surface area contributed by atoms with Crippen LogP contribution < -0.4 is 0 Å². The van der Waals surface area contributed by atoms with Crippen LogP contribution in [-0.4, -0.2) is 37.2 Å². The minimum atomic E-state index is -0.768. The highest BCUT2D eigenvalue weighted by atomic mass is 16.6. The van der Waals surface area contributed by atoms with Crippen LogP contribution in [0.5, 0.6) is 0 Å². The fourth-order valence-electron chi connectivity index (χ4n) is 10.1. The van der Waals surface area contributed by atoms with E-state index in [2.05, 4.69) is 32.9 Å². The smallest absolute Gasteiger partial charge is 0.306 e. The molecule has 0 amide bonds. The Morgan fingerprint density at radius 1 is 0.264 bits per heavy atom. The first-order valence-electron chi connectivity index (χ1n) is 32.7. The Balaban J connectivity index is 4.19. The number of hydrogen-bond acceptors (Lipinski definition) is 6. The molecule has 0 spiro atoms. The lowest BCUT2D eigenvalue weighted by atomic mass is 10.0. The molecule has 0 aliphatic carbocycles.